The second-order valence-electron chi connectivity index (χ2n) is 7.62. The Morgan fingerprint density at radius 2 is 1.64 bits per heavy atom. The number of fused-ring (bicyclic) bond motifs is 3. The van der Waals surface area contributed by atoms with Crippen LogP contribution in [0.2, 0.25) is 0 Å². The van der Waals surface area contributed by atoms with E-state index in [9.17, 15) is 9.59 Å². The van der Waals surface area contributed by atoms with E-state index in [0.717, 1.165) is 21.9 Å². The second-order valence-corrected chi connectivity index (χ2v) is 7.62. The Labute approximate surface area is 189 Å². The number of ether oxygens (including phenoxy) is 2. The molecule has 0 radical (unpaired) electrons. The number of carbonyl (C=O) groups is 2. The molecule has 0 saturated carbocycles. The molecule has 5 rings (SSSR count). The van der Waals surface area contributed by atoms with Gasteiger partial charge in [0.1, 0.15) is 16.9 Å². The van der Waals surface area contributed by atoms with Gasteiger partial charge in [0.05, 0.1) is 0 Å². The number of anilines is 1. The summed E-state index contributed by atoms with van der Waals surface area (Å²) in [6.07, 6.45) is 3.38. The quantitative estimate of drug-likeness (QED) is 0.417. The van der Waals surface area contributed by atoms with Crippen molar-refractivity contribution < 1.29 is 23.5 Å². The van der Waals surface area contributed by atoms with Gasteiger partial charge < -0.3 is 23.7 Å². The van der Waals surface area contributed by atoms with Crippen LogP contribution in [0.1, 0.15) is 0 Å². The highest BCUT2D eigenvalue weighted by molar-refractivity contribution is 6.05. The molecular formula is C24H22N4O5. The molecule has 4 aromatic rings. The van der Waals surface area contributed by atoms with Crippen LogP contribution in [0.5, 0.6) is 5.75 Å². The Balaban J connectivity index is 1.09. The van der Waals surface area contributed by atoms with Gasteiger partial charge in [-0.1, -0.05) is 18.2 Å². The molecule has 3 heterocycles. The first-order chi connectivity index (χ1) is 16.2. The van der Waals surface area contributed by atoms with E-state index < -0.39 is 5.97 Å². The number of hydrogen-bond acceptors (Lipinski definition) is 8. The van der Waals surface area contributed by atoms with Gasteiger partial charge in [0.2, 0.25) is 5.95 Å². The number of esters is 1. The molecule has 1 aliphatic rings. The number of piperazine rings is 1. The summed E-state index contributed by atoms with van der Waals surface area (Å²) in [5.74, 6) is 0.339. The van der Waals surface area contributed by atoms with Gasteiger partial charge in [-0.25, -0.2) is 14.8 Å². The number of furan rings is 1. The molecule has 1 aliphatic heterocycles. The molecule has 2 aromatic carbocycles. The van der Waals surface area contributed by atoms with Crippen molar-refractivity contribution in [2.24, 2.45) is 0 Å². The van der Waals surface area contributed by atoms with Crippen LogP contribution in [0.4, 0.5) is 5.95 Å². The van der Waals surface area contributed by atoms with Crippen LogP contribution in [0.3, 0.4) is 0 Å². The van der Waals surface area contributed by atoms with Crippen LogP contribution >= 0.6 is 0 Å². The third-order valence-electron chi connectivity index (χ3n) is 5.53. The standard InChI is InChI=1S/C24H22N4O5/c29-22(27-10-12-28(13-11-27)24-25-8-3-9-26-24)15-32-23(30)16-31-17-6-7-21-19(14-17)18-4-1-2-5-20(18)33-21/h1-9,14H,10-13,15-16H2. The Morgan fingerprint density at radius 1 is 0.879 bits per heavy atom. The number of nitrogens with zero attached hydrogens (tertiary/aromatic N) is 4. The van der Waals surface area contributed by atoms with Crippen LogP contribution in [0, 0.1) is 0 Å². The zero-order valence-electron chi connectivity index (χ0n) is 17.8. The summed E-state index contributed by atoms with van der Waals surface area (Å²) < 4.78 is 16.5. The summed E-state index contributed by atoms with van der Waals surface area (Å²) in [6.45, 7) is 1.69. The van der Waals surface area contributed by atoms with Crippen molar-refractivity contribution in [3.05, 3.63) is 60.9 Å². The molecule has 1 amide bonds. The fourth-order valence-corrected chi connectivity index (χ4v) is 3.82. The van der Waals surface area contributed by atoms with Crippen molar-refractivity contribution in [1.82, 2.24) is 14.9 Å². The average molecular weight is 446 g/mol. The largest absolute Gasteiger partial charge is 0.482 e. The molecule has 2 aromatic heterocycles. The summed E-state index contributed by atoms with van der Waals surface area (Å²) in [5.41, 5.74) is 1.54. The van der Waals surface area contributed by atoms with E-state index in [-0.39, 0.29) is 19.1 Å². The molecule has 0 aliphatic carbocycles. The second kappa shape index (κ2) is 9.15. The molecule has 1 fully saturated rings. The van der Waals surface area contributed by atoms with Gasteiger partial charge in [-0.15, -0.1) is 0 Å². The smallest absolute Gasteiger partial charge is 0.344 e. The minimum absolute atomic E-state index is 0.233. The first-order valence-corrected chi connectivity index (χ1v) is 10.7. The zero-order valence-corrected chi connectivity index (χ0v) is 17.8. The summed E-state index contributed by atoms with van der Waals surface area (Å²) in [5, 5.41) is 1.89. The van der Waals surface area contributed by atoms with E-state index in [1.807, 2.05) is 35.2 Å². The third kappa shape index (κ3) is 4.57. The molecule has 168 valence electrons. The van der Waals surface area contributed by atoms with Crippen molar-refractivity contribution >= 4 is 39.8 Å². The Kier molecular flexibility index (Phi) is 5.75. The van der Waals surface area contributed by atoms with Gasteiger partial charge in [0.25, 0.3) is 5.91 Å². The SMILES string of the molecule is O=C(COc1ccc2oc3ccccc3c2c1)OCC(=O)N1CCN(c2ncccn2)CC1. The lowest BCUT2D eigenvalue weighted by atomic mass is 10.1. The van der Waals surface area contributed by atoms with Gasteiger partial charge in [-0.3, -0.25) is 4.79 Å². The summed E-state index contributed by atoms with van der Waals surface area (Å²) in [6, 6.07) is 14.9. The van der Waals surface area contributed by atoms with Crippen molar-refractivity contribution in [2.75, 3.05) is 44.3 Å². The molecule has 1 saturated heterocycles. The van der Waals surface area contributed by atoms with Gasteiger partial charge >= 0.3 is 5.97 Å². The lowest BCUT2D eigenvalue weighted by Crippen LogP contribution is -2.50. The first-order valence-electron chi connectivity index (χ1n) is 10.7. The van der Waals surface area contributed by atoms with Gasteiger partial charge in [-0.05, 0) is 30.3 Å². The topological polar surface area (TPSA) is 98.0 Å². The highest BCUT2D eigenvalue weighted by Crippen LogP contribution is 2.31. The maximum Gasteiger partial charge on any atom is 0.344 e. The fraction of sp³-hybridized carbons (Fsp3) is 0.250. The van der Waals surface area contributed by atoms with Crippen LogP contribution in [-0.4, -0.2) is 66.1 Å². The zero-order chi connectivity index (χ0) is 22.6. The fourth-order valence-electron chi connectivity index (χ4n) is 3.82. The first kappa shape index (κ1) is 20.7. The molecule has 9 heteroatoms. The number of amides is 1. The van der Waals surface area contributed by atoms with Crippen molar-refractivity contribution in [3.63, 3.8) is 0 Å². The maximum atomic E-state index is 12.4. The van der Waals surface area contributed by atoms with Crippen LogP contribution in [0.25, 0.3) is 21.9 Å². The molecule has 0 atom stereocenters. The number of aromatic nitrogens is 2. The van der Waals surface area contributed by atoms with Crippen LogP contribution in [-0.2, 0) is 14.3 Å². The highest BCUT2D eigenvalue weighted by Gasteiger charge is 2.23. The van der Waals surface area contributed by atoms with Crippen molar-refractivity contribution in [2.45, 2.75) is 0 Å². The average Bonchev–Trinajstić information content (AvgIpc) is 3.24. The van der Waals surface area contributed by atoms with E-state index in [2.05, 4.69) is 9.97 Å². The number of benzene rings is 2. The highest BCUT2D eigenvalue weighted by atomic mass is 16.6. The molecule has 0 spiro atoms. The van der Waals surface area contributed by atoms with E-state index in [4.69, 9.17) is 13.9 Å². The Morgan fingerprint density at radius 3 is 2.45 bits per heavy atom. The molecule has 0 bridgehead atoms. The lowest BCUT2D eigenvalue weighted by Gasteiger charge is -2.34. The van der Waals surface area contributed by atoms with Crippen LogP contribution < -0.4 is 9.64 Å². The maximum absolute atomic E-state index is 12.4. The Bertz CT molecular complexity index is 1280. The third-order valence-corrected chi connectivity index (χ3v) is 5.53. The predicted octanol–water partition coefficient (Wildman–Crippen LogP) is 2.65. The molecular weight excluding hydrogens is 424 g/mol. The van der Waals surface area contributed by atoms with Crippen molar-refractivity contribution in [1.29, 1.82) is 0 Å². The van der Waals surface area contributed by atoms with E-state index in [0.29, 0.717) is 37.9 Å². The minimum Gasteiger partial charge on any atom is -0.482 e. The molecule has 9 nitrogen and oxygen atoms in total. The van der Waals surface area contributed by atoms with Crippen molar-refractivity contribution in [3.8, 4) is 5.75 Å². The normalized spacial score (nSPS) is 13.9. The molecule has 0 unspecified atom stereocenters. The number of para-hydroxylation sites is 1. The number of hydrogen-bond donors (Lipinski definition) is 0. The number of rotatable bonds is 6. The predicted molar refractivity (Wildman–Crippen MR) is 121 cm³/mol. The van der Waals surface area contributed by atoms with E-state index in [1.165, 1.54) is 0 Å². The van der Waals surface area contributed by atoms with Gasteiger partial charge in [0, 0.05) is 49.3 Å². The molecule has 0 N–H and O–H groups in total. The minimum atomic E-state index is -0.600. The summed E-state index contributed by atoms with van der Waals surface area (Å²) >= 11 is 0. The Hall–Kier alpha value is -4.14. The van der Waals surface area contributed by atoms with Crippen LogP contribution in [0.15, 0.2) is 65.3 Å². The van der Waals surface area contributed by atoms with Gasteiger partial charge in [-0.2, -0.15) is 0 Å². The van der Waals surface area contributed by atoms with E-state index in [1.54, 1.807) is 35.5 Å². The summed E-state index contributed by atoms with van der Waals surface area (Å²) in [7, 11) is 0. The van der Waals surface area contributed by atoms with E-state index >= 15 is 0 Å². The lowest BCUT2D eigenvalue weighted by molar-refractivity contribution is -0.153. The monoisotopic (exact) mass is 446 g/mol. The summed E-state index contributed by atoms with van der Waals surface area (Å²) in [4.78, 5) is 36.7. The molecule has 33 heavy (non-hydrogen) atoms. The van der Waals surface area contributed by atoms with Gasteiger partial charge in [0.15, 0.2) is 13.2 Å². The number of carbonyl (C=O) groups excluding carboxylic acids is 2.